The Bertz CT molecular complexity index is 509. The van der Waals surface area contributed by atoms with Gasteiger partial charge < -0.3 is 4.74 Å². The highest BCUT2D eigenvalue weighted by Crippen LogP contribution is 2.34. The molecule has 0 spiro atoms. The van der Waals surface area contributed by atoms with Crippen LogP contribution in [0.1, 0.15) is 12.1 Å². The lowest BCUT2D eigenvalue weighted by Gasteiger charge is -2.08. The number of nitrogens with zero attached hydrogens (tertiary/aromatic N) is 1. The van der Waals surface area contributed by atoms with Crippen LogP contribution in [0, 0.1) is 0 Å². The number of alkyl halides is 2. The number of methoxy groups -OCH3 is 1. The lowest BCUT2D eigenvalue weighted by Crippen LogP contribution is -2.03. The third-order valence-electron chi connectivity index (χ3n) is 1.59. The Balaban J connectivity index is 3.55. The number of pyridine rings is 1. The van der Waals surface area contributed by atoms with Crippen molar-refractivity contribution < 1.29 is 21.9 Å². The van der Waals surface area contributed by atoms with Gasteiger partial charge in [0, 0.05) is 16.7 Å². The first-order chi connectivity index (χ1) is 7.27. The van der Waals surface area contributed by atoms with Crippen molar-refractivity contribution in [2.75, 3.05) is 7.11 Å². The summed E-state index contributed by atoms with van der Waals surface area (Å²) in [5, 5.41) is -0.691. The van der Waals surface area contributed by atoms with Crippen molar-refractivity contribution in [2.45, 2.75) is 11.5 Å². The minimum absolute atomic E-state index is 0.0791. The van der Waals surface area contributed by atoms with Gasteiger partial charge in [-0.2, -0.15) is 0 Å². The summed E-state index contributed by atoms with van der Waals surface area (Å²) in [4.78, 5) is 3.25. The van der Waals surface area contributed by atoms with Crippen molar-refractivity contribution in [3.63, 3.8) is 0 Å². The summed E-state index contributed by atoms with van der Waals surface area (Å²) in [5.41, 5.74) is -0.723. The van der Waals surface area contributed by atoms with Crippen LogP contribution in [0.3, 0.4) is 0 Å². The molecule has 90 valence electrons. The Kier molecular flexibility index (Phi) is 4.08. The van der Waals surface area contributed by atoms with Crippen molar-refractivity contribution in [3.05, 3.63) is 16.2 Å². The fourth-order valence-electron chi connectivity index (χ4n) is 0.924. The van der Waals surface area contributed by atoms with E-state index in [4.69, 9.17) is 15.4 Å². The molecule has 0 aromatic carbocycles. The smallest absolute Gasteiger partial charge is 0.280 e. The molecule has 9 heteroatoms. The first-order valence-electron chi connectivity index (χ1n) is 3.74. The standard InChI is InChI=1S/C7H5BrClF2NO3S/c1-15-4-2-3(6(10)11)12-7(5(4)8)16(9,13)14/h2,6H,1H3. The van der Waals surface area contributed by atoms with Crippen LogP contribution >= 0.6 is 26.6 Å². The maximum absolute atomic E-state index is 12.4. The Morgan fingerprint density at radius 3 is 2.50 bits per heavy atom. The molecule has 16 heavy (non-hydrogen) atoms. The van der Waals surface area contributed by atoms with Crippen LogP contribution in [0.4, 0.5) is 8.78 Å². The average Bonchev–Trinajstić information content (AvgIpc) is 2.15. The van der Waals surface area contributed by atoms with Crippen molar-refractivity contribution in [2.24, 2.45) is 0 Å². The van der Waals surface area contributed by atoms with E-state index in [-0.39, 0.29) is 10.2 Å². The van der Waals surface area contributed by atoms with E-state index in [2.05, 4.69) is 20.9 Å². The van der Waals surface area contributed by atoms with Gasteiger partial charge in [0.2, 0.25) is 0 Å². The van der Waals surface area contributed by atoms with E-state index in [0.717, 1.165) is 6.07 Å². The van der Waals surface area contributed by atoms with Crippen molar-refractivity contribution in [1.82, 2.24) is 4.98 Å². The summed E-state index contributed by atoms with van der Waals surface area (Å²) < 4.78 is 51.6. The molecule has 1 heterocycles. The van der Waals surface area contributed by atoms with Gasteiger partial charge in [0.25, 0.3) is 15.5 Å². The molecule has 0 amide bonds. The largest absolute Gasteiger partial charge is 0.495 e. The molecule has 0 N–H and O–H groups in total. The second kappa shape index (κ2) is 4.80. The highest BCUT2D eigenvalue weighted by atomic mass is 79.9. The summed E-state index contributed by atoms with van der Waals surface area (Å²) in [7, 11) is 2.04. The molecule has 1 aromatic rings. The van der Waals surface area contributed by atoms with E-state index in [1.54, 1.807) is 0 Å². The molecular weight excluding hydrogens is 332 g/mol. The van der Waals surface area contributed by atoms with Gasteiger partial charge >= 0.3 is 0 Å². The number of hydrogen-bond donors (Lipinski definition) is 0. The topological polar surface area (TPSA) is 56.3 Å². The lowest BCUT2D eigenvalue weighted by molar-refractivity contribution is 0.144. The minimum Gasteiger partial charge on any atom is -0.495 e. The summed E-state index contributed by atoms with van der Waals surface area (Å²) in [6.45, 7) is 0. The molecule has 0 fully saturated rings. The van der Waals surface area contributed by atoms with Crippen LogP contribution in [0.2, 0.25) is 0 Å². The average molecular weight is 337 g/mol. The van der Waals surface area contributed by atoms with E-state index < -0.39 is 26.2 Å². The van der Waals surface area contributed by atoms with Gasteiger partial charge in [0.05, 0.1) is 11.6 Å². The summed E-state index contributed by atoms with van der Waals surface area (Å²) >= 11 is 2.86. The van der Waals surface area contributed by atoms with Gasteiger partial charge in [-0.25, -0.2) is 22.2 Å². The lowest BCUT2D eigenvalue weighted by atomic mass is 10.3. The maximum Gasteiger partial charge on any atom is 0.280 e. The number of hydrogen-bond acceptors (Lipinski definition) is 4. The van der Waals surface area contributed by atoms with Crippen molar-refractivity contribution >= 4 is 35.7 Å². The highest BCUT2D eigenvalue weighted by molar-refractivity contribution is 9.10. The van der Waals surface area contributed by atoms with Gasteiger partial charge in [-0.15, -0.1) is 0 Å². The van der Waals surface area contributed by atoms with Gasteiger partial charge in [-0.3, -0.25) is 0 Å². The van der Waals surface area contributed by atoms with Crippen molar-refractivity contribution in [3.8, 4) is 5.75 Å². The van der Waals surface area contributed by atoms with Gasteiger partial charge in [0.15, 0.2) is 5.03 Å². The van der Waals surface area contributed by atoms with E-state index in [0.29, 0.717) is 0 Å². The molecule has 0 radical (unpaired) electrons. The predicted molar refractivity (Wildman–Crippen MR) is 56.5 cm³/mol. The summed E-state index contributed by atoms with van der Waals surface area (Å²) in [5.74, 6) is -0.0791. The Hall–Kier alpha value is -0.470. The first-order valence-corrected chi connectivity index (χ1v) is 6.85. The zero-order valence-corrected chi connectivity index (χ0v) is 10.9. The molecule has 0 aliphatic carbocycles. The fourth-order valence-corrected chi connectivity index (χ4v) is 3.07. The Morgan fingerprint density at radius 1 is 1.56 bits per heavy atom. The van der Waals surface area contributed by atoms with Gasteiger partial charge in [-0.1, -0.05) is 0 Å². The molecular formula is C7H5BrClF2NO3S. The molecule has 0 saturated carbocycles. The molecule has 1 aromatic heterocycles. The third-order valence-corrected chi connectivity index (χ3v) is 3.81. The third kappa shape index (κ3) is 2.80. The molecule has 4 nitrogen and oxygen atoms in total. The van der Waals surface area contributed by atoms with E-state index >= 15 is 0 Å². The van der Waals surface area contributed by atoms with E-state index in [1.807, 2.05) is 0 Å². The number of ether oxygens (including phenoxy) is 1. The van der Waals surface area contributed by atoms with Crippen LogP contribution in [-0.4, -0.2) is 20.5 Å². The molecule has 0 saturated heterocycles. The normalized spacial score (nSPS) is 11.9. The summed E-state index contributed by atoms with van der Waals surface area (Å²) in [6.07, 6.45) is -2.92. The van der Waals surface area contributed by atoms with Crippen LogP contribution in [0.25, 0.3) is 0 Å². The molecule has 0 aliphatic rings. The molecule has 0 aliphatic heterocycles. The Labute approximate surface area is 103 Å². The molecule has 1 rings (SSSR count). The highest BCUT2D eigenvalue weighted by Gasteiger charge is 2.24. The molecule has 0 atom stereocenters. The SMILES string of the molecule is COc1cc(C(F)F)nc(S(=O)(=O)Cl)c1Br. The quantitative estimate of drug-likeness (QED) is 0.796. The van der Waals surface area contributed by atoms with Crippen LogP contribution in [0.5, 0.6) is 5.75 Å². The van der Waals surface area contributed by atoms with Crippen LogP contribution < -0.4 is 4.74 Å². The second-order valence-corrected chi connectivity index (χ2v) is 5.88. The minimum atomic E-state index is -4.22. The number of aromatic nitrogens is 1. The van der Waals surface area contributed by atoms with Crippen LogP contribution in [0.15, 0.2) is 15.6 Å². The number of rotatable bonds is 3. The van der Waals surface area contributed by atoms with E-state index in [9.17, 15) is 17.2 Å². The van der Waals surface area contributed by atoms with E-state index in [1.165, 1.54) is 7.11 Å². The summed E-state index contributed by atoms with van der Waals surface area (Å²) in [6, 6.07) is 0.931. The predicted octanol–water partition coefficient (Wildman–Crippen LogP) is 2.72. The zero-order chi connectivity index (χ0) is 12.5. The molecule has 0 unspecified atom stereocenters. The van der Waals surface area contributed by atoms with Crippen molar-refractivity contribution in [1.29, 1.82) is 0 Å². The Morgan fingerprint density at radius 2 is 2.12 bits per heavy atom. The zero-order valence-electron chi connectivity index (χ0n) is 7.75. The van der Waals surface area contributed by atoms with Crippen LogP contribution in [-0.2, 0) is 9.05 Å². The van der Waals surface area contributed by atoms with Gasteiger partial charge in [-0.05, 0) is 15.9 Å². The molecule has 0 bridgehead atoms. The first kappa shape index (κ1) is 13.6. The fraction of sp³-hybridized carbons (Fsp3) is 0.286. The second-order valence-electron chi connectivity index (χ2n) is 2.61. The maximum atomic E-state index is 12.4. The monoisotopic (exact) mass is 335 g/mol. The van der Waals surface area contributed by atoms with Gasteiger partial charge in [0.1, 0.15) is 11.4 Å². The number of halogens is 4.